The quantitative estimate of drug-likeness (QED) is 0.483. The van der Waals surface area contributed by atoms with Crippen molar-refractivity contribution in [1.29, 1.82) is 0 Å². The Balaban J connectivity index is 1.43. The molecule has 0 radical (unpaired) electrons. The standard InChI is InChI=1S/C25H28FN7/c1-14-10-33(11-15(2)29-14)19-8-20(16-4-5-16)23-22(9-19)27-13-28-25(23)30-18-6-17-12-32(3)31-24(17)21(26)7-18/h6-9,12-16,29H,4-5,10-11H2,1-3H3,(H,27,28,30)/t14-,15-/m0/s1. The van der Waals surface area contributed by atoms with Crippen LogP contribution in [0.5, 0.6) is 0 Å². The zero-order chi connectivity index (χ0) is 22.7. The fourth-order valence-corrected chi connectivity index (χ4v) is 5.16. The van der Waals surface area contributed by atoms with Crippen molar-refractivity contribution in [3.8, 4) is 0 Å². The number of fused-ring (bicyclic) bond motifs is 2. The van der Waals surface area contributed by atoms with Gasteiger partial charge in [-0.1, -0.05) is 0 Å². The lowest BCUT2D eigenvalue weighted by Gasteiger charge is -2.38. The highest BCUT2D eigenvalue weighted by Crippen LogP contribution is 2.46. The van der Waals surface area contributed by atoms with Gasteiger partial charge in [0.25, 0.3) is 0 Å². The van der Waals surface area contributed by atoms with E-state index in [1.165, 1.54) is 30.2 Å². The molecule has 0 unspecified atom stereocenters. The molecule has 2 aromatic carbocycles. The molecule has 2 aromatic heterocycles. The highest BCUT2D eigenvalue weighted by atomic mass is 19.1. The van der Waals surface area contributed by atoms with Gasteiger partial charge in [-0.3, -0.25) is 4.68 Å². The second kappa shape index (κ2) is 7.66. The topological polar surface area (TPSA) is 70.9 Å². The molecule has 2 atom stereocenters. The molecular weight excluding hydrogens is 417 g/mol. The van der Waals surface area contributed by atoms with Crippen LogP contribution in [0.25, 0.3) is 21.8 Å². The molecule has 8 heteroatoms. The van der Waals surface area contributed by atoms with Crippen molar-refractivity contribution in [2.75, 3.05) is 23.3 Å². The third-order valence-electron chi connectivity index (χ3n) is 6.63. The van der Waals surface area contributed by atoms with E-state index in [4.69, 9.17) is 0 Å². The zero-order valence-electron chi connectivity index (χ0n) is 19.1. The molecule has 33 heavy (non-hydrogen) atoms. The summed E-state index contributed by atoms with van der Waals surface area (Å²) in [5, 5.41) is 13.0. The number of nitrogens with zero attached hydrogens (tertiary/aromatic N) is 5. The molecule has 3 heterocycles. The highest BCUT2D eigenvalue weighted by Gasteiger charge is 2.29. The molecule has 1 aliphatic carbocycles. The Morgan fingerprint density at radius 1 is 1.06 bits per heavy atom. The van der Waals surface area contributed by atoms with Gasteiger partial charge in [-0.05, 0) is 62.4 Å². The van der Waals surface area contributed by atoms with Gasteiger partial charge in [-0.25, -0.2) is 14.4 Å². The van der Waals surface area contributed by atoms with Crippen LogP contribution in [0.4, 0.5) is 21.6 Å². The van der Waals surface area contributed by atoms with Crippen LogP contribution >= 0.6 is 0 Å². The van der Waals surface area contributed by atoms with Gasteiger partial charge < -0.3 is 15.5 Å². The Bertz CT molecular complexity index is 1350. The van der Waals surface area contributed by atoms with Crippen molar-refractivity contribution in [2.24, 2.45) is 7.05 Å². The van der Waals surface area contributed by atoms with Crippen LogP contribution < -0.4 is 15.5 Å². The summed E-state index contributed by atoms with van der Waals surface area (Å²) in [6.45, 7) is 6.41. The van der Waals surface area contributed by atoms with Crippen LogP contribution in [0.3, 0.4) is 0 Å². The van der Waals surface area contributed by atoms with Crippen molar-refractivity contribution in [1.82, 2.24) is 25.1 Å². The monoisotopic (exact) mass is 445 g/mol. The van der Waals surface area contributed by atoms with Gasteiger partial charge in [0.05, 0.1) is 5.52 Å². The summed E-state index contributed by atoms with van der Waals surface area (Å²) < 4.78 is 16.3. The minimum atomic E-state index is -0.347. The average molecular weight is 446 g/mol. The Hall–Kier alpha value is -3.26. The molecule has 2 N–H and O–H groups in total. The number of benzene rings is 2. The highest BCUT2D eigenvalue weighted by molar-refractivity contribution is 5.97. The molecule has 0 bridgehead atoms. The summed E-state index contributed by atoms with van der Waals surface area (Å²) >= 11 is 0. The molecule has 0 spiro atoms. The lowest BCUT2D eigenvalue weighted by molar-refractivity contribution is 0.407. The normalized spacial score (nSPS) is 21.2. The first-order valence-corrected chi connectivity index (χ1v) is 11.6. The summed E-state index contributed by atoms with van der Waals surface area (Å²) in [5.74, 6) is 0.896. The smallest absolute Gasteiger partial charge is 0.153 e. The van der Waals surface area contributed by atoms with E-state index in [0.29, 0.717) is 29.2 Å². The van der Waals surface area contributed by atoms with Gasteiger partial charge in [0.2, 0.25) is 0 Å². The fourth-order valence-electron chi connectivity index (χ4n) is 5.16. The van der Waals surface area contributed by atoms with Gasteiger partial charge in [-0.15, -0.1) is 0 Å². The molecule has 7 nitrogen and oxygen atoms in total. The van der Waals surface area contributed by atoms with Crippen LogP contribution in [0.15, 0.2) is 36.8 Å². The van der Waals surface area contributed by atoms with E-state index in [1.807, 2.05) is 12.3 Å². The lowest BCUT2D eigenvalue weighted by Crippen LogP contribution is -2.54. The minimum absolute atomic E-state index is 0.347. The van der Waals surface area contributed by atoms with Crippen molar-refractivity contribution in [3.63, 3.8) is 0 Å². The van der Waals surface area contributed by atoms with Gasteiger partial charge in [-0.2, -0.15) is 5.10 Å². The molecule has 170 valence electrons. The third-order valence-corrected chi connectivity index (χ3v) is 6.63. The van der Waals surface area contributed by atoms with Crippen molar-refractivity contribution >= 4 is 39.0 Å². The molecular formula is C25H28FN7. The number of piperazine rings is 1. The number of rotatable bonds is 4. The Labute approximate surface area is 192 Å². The van der Waals surface area contributed by atoms with Crippen molar-refractivity contribution in [3.05, 3.63) is 48.2 Å². The Morgan fingerprint density at radius 3 is 2.61 bits per heavy atom. The van der Waals surface area contributed by atoms with E-state index in [0.717, 1.165) is 35.2 Å². The van der Waals surface area contributed by atoms with Crippen LogP contribution in [-0.2, 0) is 7.05 Å². The lowest BCUT2D eigenvalue weighted by atomic mass is 10.0. The van der Waals surface area contributed by atoms with Crippen LogP contribution in [0, 0.1) is 5.82 Å². The number of anilines is 3. The first-order valence-electron chi connectivity index (χ1n) is 11.6. The fraction of sp³-hybridized carbons (Fsp3) is 0.400. The number of aromatic nitrogens is 4. The van der Waals surface area contributed by atoms with Gasteiger partial charge in [0, 0.05) is 60.6 Å². The zero-order valence-corrected chi connectivity index (χ0v) is 19.1. The van der Waals surface area contributed by atoms with Crippen LogP contribution in [-0.4, -0.2) is 44.9 Å². The number of hydrogen-bond donors (Lipinski definition) is 2. The predicted octanol–water partition coefficient (Wildman–Crippen LogP) is 4.46. The average Bonchev–Trinajstić information content (AvgIpc) is 3.54. The maximum Gasteiger partial charge on any atom is 0.153 e. The van der Waals surface area contributed by atoms with Crippen LogP contribution in [0.1, 0.15) is 38.2 Å². The van der Waals surface area contributed by atoms with E-state index in [9.17, 15) is 4.39 Å². The molecule has 2 aliphatic rings. The molecule has 1 saturated carbocycles. The SMILES string of the molecule is C[C@H]1CN(c2cc(C3CC3)c3c(Nc4cc(F)c5nn(C)cc5c4)ncnc3c2)C[C@H](C)N1. The molecule has 1 aliphatic heterocycles. The molecule has 1 saturated heterocycles. The van der Waals surface area contributed by atoms with E-state index in [2.05, 4.69) is 56.6 Å². The molecule has 0 amide bonds. The molecule has 2 fully saturated rings. The van der Waals surface area contributed by atoms with E-state index < -0.39 is 0 Å². The third kappa shape index (κ3) is 3.78. The summed E-state index contributed by atoms with van der Waals surface area (Å²) in [6.07, 6.45) is 5.77. The Kier molecular flexibility index (Phi) is 4.72. The van der Waals surface area contributed by atoms with E-state index in [-0.39, 0.29) is 5.82 Å². The van der Waals surface area contributed by atoms with Gasteiger partial charge in [0.15, 0.2) is 5.82 Å². The molecule has 4 aromatic rings. The van der Waals surface area contributed by atoms with Crippen LogP contribution in [0.2, 0.25) is 0 Å². The number of halogens is 1. The second-order valence-corrected chi connectivity index (χ2v) is 9.62. The maximum atomic E-state index is 14.7. The number of hydrogen-bond acceptors (Lipinski definition) is 6. The summed E-state index contributed by atoms with van der Waals surface area (Å²) in [5.41, 5.74) is 4.46. The summed E-state index contributed by atoms with van der Waals surface area (Å²) in [7, 11) is 1.80. The second-order valence-electron chi connectivity index (χ2n) is 9.62. The molecule has 6 rings (SSSR count). The largest absolute Gasteiger partial charge is 0.368 e. The van der Waals surface area contributed by atoms with E-state index >= 15 is 0 Å². The minimum Gasteiger partial charge on any atom is -0.368 e. The first kappa shape index (κ1) is 20.4. The summed E-state index contributed by atoms with van der Waals surface area (Å²) in [4.78, 5) is 11.7. The Morgan fingerprint density at radius 2 is 1.85 bits per heavy atom. The predicted molar refractivity (Wildman–Crippen MR) is 130 cm³/mol. The van der Waals surface area contributed by atoms with Crippen molar-refractivity contribution < 1.29 is 4.39 Å². The number of aryl methyl sites for hydroxylation is 1. The first-order chi connectivity index (χ1) is 15.9. The number of nitrogens with one attached hydrogen (secondary N) is 2. The van der Waals surface area contributed by atoms with E-state index in [1.54, 1.807) is 18.1 Å². The summed E-state index contributed by atoms with van der Waals surface area (Å²) in [6, 6.07) is 8.77. The van der Waals surface area contributed by atoms with Gasteiger partial charge in [0.1, 0.15) is 17.7 Å². The van der Waals surface area contributed by atoms with Gasteiger partial charge >= 0.3 is 0 Å². The van der Waals surface area contributed by atoms with Crippen molar-refractivity contribution in [2.45, 2.75) is 44.7 Å². The maximum absolute atomic E-state index is 14.7.